The van der Waals surface area contributed by atoms with E-state index in [0.29, 0.717) is 19.5 Å². The van der Waals surface area contributed by atoms with E-state index in [9.17, 15) is 18.0 Å². The van der Waals surface area contributed by atoms with Crippen molar-refractivity contribution in [3.05, 3.63) is 23.8 Å². The Morgan fingerprint density at radius 3 is 2.79 bits per heavy atom. The topological polar surface area (TPSA) is 67.6 Å². The summed E-state index contributed by atoms with van der Waals surface area (Å²) in [4.78, 5) is 14.0. The van der Waals surface area contributed by atoms with Gasteiger partial charge in [-0.05, 0) is 44.4 Å². The lowest BCUT2D eigenvalue weighted by molar-refractivity contribution is -0.137. The van der Waals surface area contributed by atoms with Gasteiger partial charge >= 0.3 is 12.2 Å². The molecule has 1 aromatic carbocycles. The van der Waals surface area contributed by atoms with E-state index in [1.165, 1.54) is 6.07 Å². The maximum Gasteiger partial charge on any atom is 0.416 e. The number of ether oxygens (including phenoxy) is 1. The molecule has 134 valence electrons. The fourth-order valence-corrected chi connectivity index (χ4v) is 2.60. The number of alkyl halides is 3. The molecule has 1 aliphatic rings. The minimum absolute atomic E-state index is 0.0187. The summed E-state index contributed by atoms with van der Waals surface area (Å²) < 4.78 is 44.0. The molecule has 8 heteroatoms. The Hall–Kier alpha value is -1.96. The molecule has 0 saturated carbocycles. The standard InChI is InChI=1S/C16H22F3N3O2/c1-2-24-14-6-5-11(16(17,18)19)10-13(14)21-15(23)22-8-3-4-12(20)7-9-22/h5-6,10,12H,2-4,7-9,20H2,1H3,(H,21,23)/t12-/m1/s1. The molecule has 2 rings (SSSR count). The number of nitrogens with two attached hydrogens (primary N) is 1. The number of hydrogen-bond donors (Lipinski definition) is 2. The van der Waals surface area contributed by atoms with Crippen molar-refractivity contribution in [3.8, 4) is 5.75 Å². The summed E-state index contributed by atoms with van der Waals surface area (Å²) in [6, 6.07) is 2.66. The highest BCUT2D eigenvalue weighted by Crippen LogP contribution is 2.35. The second-order valence-corrected chi connectivity index (χ2v) is 5.75. The van der Waals surface area contributed by atoms with Gasteiger partial charge in [-0.15, -0.1) is 0 Å². The van der Waals surface area contributed by atoms with Crippen LogP contribution in [-0.2, 0) is 6.18 Å². The van der Waals surface area contributed by atoms with Crippen molar-refractivity contribution in [2.45, 2.75) is 38.4 Å². The summed E-state index contributed by atoms with van der Waals surface area (Å²) in [6.45, 7) is 3.02. The molecule has 1 saturated heterocycles. The average molecular weight is 345 g/mol. The van der Waals surface area contributed by atoms with Gasteiger partial charge in [-0.25, -0.2) is 4.79 Å². The second kappa shape index (κ2) is 7.74. The van der Waals surface area contributed by atoms with Crippen LogP contribution >= 0.6 is 0 Å². The zero-order valence-electron chi connectivity index (χ0n) is 13.5. The van der Waals surface area contributed by atoms with Gasteiger partial charge < -0.3 is 20.7 Å². The van der Waals surface area contributed by atoms with E-state index in [1.54, 1.807) is 11.8 Å². The number of rotatable bonds is 3. The Morgan fingerprint density at radius 2 is 2.12 bits per heavy atom. The predicted octanol–water partition coefficient (Wildman–Crippen LogP) is 3.45. The zero-order chi connectivity index (χ0) is 17.7. The number of urea groups is 1. The summed E-state index contributed by atoms with van der Waals surface area (Å²) in [5.74, 6) is 0.213. The third-order valence-electron chi connectivity index (χ3n) is 3.91. The van der Waals surface area contributed by atoms with Crippen molar-refractivity contribution < 1.29 is 22.7 Å². The van der Waals surface area contributed by atoms with Crippen molar-refractivity contribution in [3.63, 3.8) is 0 Å². The Morgan fingerprint density at radius 1 is 1.38 bits per heavy atom. The third-order valence-corrected chi connectivity index (χ3v) is 3.91. The molecule has 24 heavy (non-hydrogen) atoms. The Balaban J connectivity index is 2.18. The maximum atomic E-state index is 12.9. The van der Waals surface area contributed by atoms with E-state index < -0.39 is 17.8 Å². The highest BCUT2D eigenvalue weighted by Gasteiger charge is 2.31. The molecular weight excluding hydrogens is 323 g/mol. The molecule has 1 heterocycles. The van der Waals surface area contributed by atoms with Crippen LogP contribution < -0.4 is 15.8 Å². The van der Waals surface area contributed by atoms with Gasteiger partial charge in [-0.1, -0.05) is 0 Å². The van der Waals surface area contributed by atoms with Crippen molar-refractivity contribution >= 4 is 11.7 Å². The number of amides is 2. The van der Waals surface area contributed by atoms with Crippen LogP contribution in [0, 0.1) is 0 Å². The molecular formula is C16H22F3N3O2. The van der Waals surface area contributed by atoms with Crippen LogP contribution in [0.4, 0.5) is 23.7 Å². The highest BCUT2D eigenvalue weighted by molar-refractivity contribution is 5.91. The number of carbonyl (C=O) groups is 1. The van der Waals surface area contributed by atoms with E-state index in [1.807, 2.05) is 0 Å². The summed E-state index contributed by atoms with van der Waals surface area (Å²) in [7, 11) is 0. The number of likely N-dealkylation sites (tertiary alicyclic amines) is 1. The molecule has 0 aliphatic carbocycles. The van der Waals surface area contributed by atoms with Gasteiger partial charge in [-0.3, -0.25) is 0 Å². The monoisotopic (exact) mass is 345 g/mol. The largest absolute Gasteiger partial charge is 0.492 e. The SMILES string of the molecule is CCOc1ccc(C(F)(F)F)cc1NC(=O)N1CCC[C@@H](N)CC1. The lowest BCUT2D eigenvalue weighted by atomic mass is 10.1. The number of halogens is 3. The lowest BCUT2D eigenvalue weighted by Crippen LogP contribution is -2.36. The molecule has 5 nitrogen and oxygen atoms in total. The molecule has 1 aromatic rings. The number of benzene rings is 1. The minimum atomic E-state index is -4.49. The van der Waals surface area contributed by atoms with Gasteiger partial charge in [0.05, 0.1) is 17.9 Å². The van der Waals surface area contributed by atoms with Gasteiger partial charge in [0, 0.05) is 19.1 Å². The van der Waals surface area contributed by atoms with Gasteiger partial charge in [0.2, 0.25) is 0 Å². The Bertz CT molecular complexity index is 578. The second-order valence-electron chi connectivity index (χ2n) is 5.75. The fourth-order valence-electron chi connectivity index (χ4n) is 2.60. The van der Waals surface area contributed by atoms with Crippen molar-refractivity contribution in [2.24, 2.45) is 5.73 Å². The first kappa shape index (κ1) is 18.4. The molecule has 0 radical (unpaired) electrons. The average Bonchev–Trinajstić information content (AvgIpc) is 2.73. The molecule has 3 N–H and O–H groups in total. The van der Waals surface area contributed by atoms with Crippen LogP contribution in [0.3, 0.4) is 0 Å². The predicted molar refractivity (Wildman–Crippen MR) is 85.0 cm³/mol. The molecule has 2 amide bonds. The number of carbonyl (C=O) groups excluding carboxylic acids is 1. The summed E-state index contributed by atoms with van der Waals surface area (Å²) in [6.07, 6.45) is -2.21. The van der Waals surface area contributed by atoms with Crippen LogP contribution in [0.25, 0.3) is 0 Å². The van der Waals surface area contributed by atoms with Gasteiger partial charge in [0.25, 0.3) is 0 Å². The molecule has 1 atom stereocenters. The first-order valence-corrected chi connectivity index (χ1v) is 7.96. The summed E-state index contributed by atoms with van der Waals surface area (Å²) >= 11 is 0. The smallest absolute Gasteiger partial charge is 0.416 e. The van der Waals surface area contributed by atoms with E-state index in [2.05, 4.69) is 5.32 Å². The van der Waals surface area contributed by atoms with Gasteiger partial charge in [0.1, 0.15) is 5.75 Å². The number of anilines is 1. The normalized spacial score (nSPS) is 18.9. The van der Waals surface area contributed by atoms with Crippen LogP contribution in [0.2, 0.25) is 0 Å². The van der Waals surface area contributed by atoms with E-state index >= 15 is 0 Å². The first-order valence-electron chi connectivity index (χ1n) is 7.96. The minimum Gasteiger partial charge on any atom is -0.492 e. The Labute approximate surface area is 138 Å². The van der Waals surface area contributed by atoms with Gasteiger partial charge in [-0.2, -0.15) is 13.2 Å². The third kappa shape index (κ3) is 4.77. The fraction of sp³-hybridized carbons (Fsp3) is 0.562. The first-order chi connectivity index (χ1) is 11.3. The Kier molecular flexibility index (Phi) is 5.93. The quantitative estimate of drug-likeness (QED) is 0.882. The van der Waals surface area contributed by atoms with Crippen molar-refractivity contribution in [1.29, 1.82) is 0 Å². The number of nitrogens with one attached hydrogen (secondary N) is 1. The highest BCUT2D eigenvalue weighted by atomic mass is 19.4. The molecule has 1 fully saturated rings. The maximum absolute atomic E-state index is 12.9. The van der Waals surface area contributed by atoms with Crippen molar-refractivity contribution in [1.82, 2.24) is 4.90 Å². The summed E-state index contributed by atoms with van der Waals surface area (Å²) in [5.41, 5.74) is 5.06. The lowest BCUT2D eigenvalue weighted by Gasteiger charge is -2.22. The number of nitrogens with zero attached hydrogens (tertiary/aromatic N) is 1. The van der Waals surface area contributed by atoms with E-state index in [0.717, 1.165) is 25.0 Å². The van der Waals surface area contributed by atoms with E-state index in [-0.39, 0.29) is 24.1 Å². The summed E-state index contributed by atoms with van der Waals surface area (Å²) in [5, 5.41) is 2.54. The van der Waals surface area contributed by atoms with Crippen LogP contribution in [0.1, 0.15) is 31.7 Å². The van der Waals surface area contributed by atoms with Gasteiger partial charge in [0.15, 0.2) is 0 Å². The van der Waals surface area contributed by atoms with Crippen LogP contribution in [-0.4, -0.2) is 36.7 Å². The van der Waals surface area contributed by atoms with Crippen molar-refractivity contribution in [2.75, 3.05) is 25.0 Å². The van der Waals surface area contributed by atoms with E-state index in [4.69, 9.17) is 10.5 Å². The molecule has 0 spiro atoms. The zero-order valence-corrected chi connectivity index (χ0v) is 13.5. The van der Waals surface area contributed by atoms with Crippen LogP contribution in [0.5, 0.6) is 5.75 Å². The molecule has 0 aromatic heterocycles. The molecule has 0 unspecified atom stereocenters. The molecule has 1 aliphatic heterocycles. The van der Waals surface area contributed by atoms with Crippen LogP contribution in [0.15, 0.2) is 18.2 Å². The number of hydrogen-bond acceptors (Lipinski definition) is 3. The molecule has 0 bridgehead atoms.